The van der Waals surface area contributed by atoms with Gasteiger partial charge in [-0.25, -0.2) is 4.98 Å². The maximum atomic E-state index is 6.23. The lowest BCUT2D eigenvalue weighted by atomic mass is 10.1. The Morgan fingerprint density at radius 3 is 2.63 bits per heavy atom. The second kappa shape index (κ2) is 4.99. The highest BCUT2D eigenvalue weighted by Crippen LogP contribution is 2.28. The lowest BCUT2D eigenvalue weighted by molar-refractivity contribution is 0.546. The molecule has 2 N–H and O–H groups in total. The first-order valence-electron chi connectivity index (χ1n) is 6.07. The lowest BCUT2D eigenvalue weighted by Crippen LogP contribution is -2.11. The van der Waals surface area contributed by atoms with Crippen molar-refractivity contribution < 1.29 is 4.42 Å². The predicted molar refractivity (Wildman–Crippen MR) is 77.0 cm³/mol. The number of thiazole rings is 1. The summed E-state index contributed by atoms with van der Waals surface area (Å²) in [6.07, 6.45) is 0. The number of aryl methyl sites for hydroxylation is 1. The van der Waals surface area contributed by atoms with Gasteiger partial charge in [0.2, 0.25) is 0 Å². The van der Waals surface area contributed by atoms with Gasteiger partial charge in [-0.05, 0) is 24.6 Å². The molecule has 0 saturated heterocycles. The summed E-state index contributed by atoms with van der Waals surface area (Å²) in [5, 5.41) is 2.88. The number of aromatic nitrogens is 1. The molecule has 2 aromatic heterocycles. The molecule has 0 aliphatic heterocycles. The Balaban J connectivity index is 1.89. The highest BCUT2D eigenvalue weighted by atomic mass is 32.1. The molecule has 4 heteroatoms. The van der Waals surface area contributed by atoms with Gasteiger partial charge in [0, 0.05) is 5.38 Å². The largest absolute Gasteiger partial charge is 0.460 e. The van der Waals surface area contributed by atoms with Crippen molar-refractivity contribution in [1.82, 2.24) is 4.98 Å². The minimum Gasteiger partial charge on any atom is -0.460 e. The van der Waals surface area contributed by atoms with Crippen molar-refractivity contribution in [2.45, 2.75) is 13.0 Å². The van der Waals surface area contributed by atoms with Crippen molar-refractivity contribution in [2.24, 2.45) is 5.73 Å². The number of nitrogens with zero attached hydrogens (tertiary/aromatic N) is 1. The Morgan fingerprint density at radius 2 is 1.95 bits per heavy atom. The molecular weight excluding hydrogens is 256 g/mol. The fourth-order valence-electron chi connectivity index (χ4n) is 1.92. The van der Waals surface area contributed by atoms with E-state index >= 15 is 0 Å². The molecule has 0 aliphatic carbocycles. The maximum Gasteiger partial charge on any atom is 0.153 e. The van der Waals surface area contributed by atoms with Crippen molar-refractivity contribution in [3.05, 3.63) is 64.2 Å². The molecule has 0 aliphatic rings. The minimum atomic E-state index is -0.184. The second-order valence-corrected chi connectivity index (χ2v) is 5.26. The van der Waals surface area contributed by atoms with Gasteiger partial charge in [0.25, 0.3) is 0 Å². The molecule has 0 saturated carbocycles. The summed E-state index contributed by atoms with van der Waals surface area (Å²) in [6, 6.07) is 13.7. The van der Waals surface area contributed by atoms with Gasteiger partial charge in [0.1, 0.15) is 16.5 Å². The van der Waals surface area contributed by atoms with Gasteiger partial charge in [0.05, 0.1) is 6.04 Å². The Bertz CT molecular complexity index is 672. The van der Waals surface area contributed by atoms with Crippen LogP contribution in [0.2, 0.25) is 0 Å². The van der Waals surface area contributed by atoms with Crippen molar-refractivity contribution >= 4 is 11.3 Å². The monoisotopic (exact) mass is 270 g/mol. The summed E-state index contributed by atoms with van der Waals surface area (Å²) < 4.78 is 5.57. The molecule has 1 atom stereocenters. The van der Waals surface area contributed by atoms with Gasteiger partial charge in [0.15, 0.2) is 5.76 Å². The van der Waals surface area contributed by atoms with Crippen LogP contribution in [-0.4, -0.2) is 4.98 Å². The van der Waals surface area contributed by atoms with Crippen LogP contribution in [0.1, 0.15) is 22.4 Å². The van der Waals surface area contributed by atoms with Gasteiger partial charge in [-0.3, -0.25) is 0 Å². The number of nitrogens with two attached hydrogens (primary N) is 1. The van der Waals surface area contributed by atoms with E-state index in [4.69, 9.17) is 10.2 Å². The van der Waals surface area contributed by atoms with Crippen LogP contribution in [0.15, 0.2) is 52.3 Å². The van der Waals surface area contributed by atoms with Crippen molar-refractivity contribution in [2.75, 3.05) is 0 Å². The van der Waals surface area contributed by atoms with Crippen molar-refractivity contribution in [1.29, 1.82) is 0 Å². The first-order valence-corrected chi connectivity index (χ1v) is 6.95. The first-order chi connectivity index (χ1) is 9.24. The minimum absolute atomic E-state index is 0.184. The van der Waals surface area contributed by atoms with E-state index in [2.05, 4.69) is 4.98 Å². The zero-order valence-electron chi connectivity index (χ0n) is 10.5. The quantitative estimate of drug-likeness (QED) is 0.788. The third-order valence-corrected chi connectivity index (χ3v) is 3.87. The van der Waals surface area contributed by atoms with Crippen LogP contribution in [0.3, 0.4) is 0 Å². The zero-order chi connectivity index (χ0) is 13.2. The number of rotatable bonds is 3. The van der Waals surface area contributed by atoms with Crippen LogP contribution in [0.4, 0.5) is 0 Å². The standard InChI is InChI=1S/C15H14N2OS/c1-10-7-8-13(18-10)12-9-19-15(17-12)14(16)11-5-3-2-4-6-11/h2-9,14H,16H2,1H3. The van der Waals surface area contributed by atoms with E-state index in [0.29, 0.717) is 0 Å². The molecule has 3 rings (SSSR count). The topological polar surface area (TPSA) is 52.0 Å². The van der Waals surface area contributed by atoms with Crippen LogP contribution in [-0.2, 0) is 0 Å². The van der Waals surface area contributed by atoms with Gasteiger partial charge in [-0.15, -0.1) is 11.3 Å². The molecule has 2 heterocycles. The van der Waals surface area contributed by atoms with Crippen LogP contribution < -0.4 is 5.73 Å². The average Bonchev–Trinajstić information content (AvgIpc) is 3.07. The molecule has 0 spiro atoms. The van der Waals surface area contributed by atoms with Crippen molar-refractivity contribution in [3.8, 4) is 11.5 Å². The predicted octanol–water partition coefficient (Wildman–Crippen LogP) is 3.76. The van der Waals surface area contributed by atoms with Crippen LogP contribution in [0.25, 0.3) is 11.5 Å². The second-order valence-electron chi connectivity index (χ2n) is 4.37. The van der Waals surface area contributed by atoms with E-state index < -0.39 is 0 Å². The molecule has 96 valence electrons. The van der Waals surface area contributed by atoms with E-state index in [1.807, 2.05) is 54.8 Å². The zero-order valence-corrected chi connectivity index (χ0v) is 11.4. The van der Waals surface area contributed by atoms with Gasteiger partial charge in [-0.2, -0.15) is 0 Å². The number of furan rings is 1. The SMILES string of the molecule is Cc1ccc(-c2csc(C(N)c3ccccc3)n2)o1. The van der Waals surface area contributed by atoms with E-state index in [1.54, 1.807) is 11.3 Å². The molecule has 0 fully saturated rings. The molecule has 3 aromatic rings. The van der Waals surface area contributed by atoms with Crippen molar-refractivity contribution in [3.63, 3.8) is 0 Å². The lowest BCUT2D eigenvalue weighted by Gasteiger charge is -2.07. The number of hydrogen-bond donors (Lipinski definition) is 1. The summed E-state index contributed by atoms with van der Waals surface area (Å²) >= 11 is 1.56. The molecule has 0 amide bonds. The summed E-state index contributed by atoms with van der Waals surface area (Å²) in [4.78, 5) is 4.57. The Hall–Kier alpha value is -1.91. The van der Waals surface area contributed by atoms with Gasteiger partial charge < -0.3 is 10.2 Å². The van der Waals surface area contributed by atoms with Crippen LogP contribution >= 0.6 is 11.3 Å². The highest BCUT2D eigenvalue weighted by molar-refractivity contribution is 7.10. The normalized spacial score (nSPS) is 12.5. The van der Waals surface area contributed by atoms with E-state index in [0.717, 1.165) is 27.8 Å². The summed E-state index contributed by atoms with van der Waals surface area (Å²) in [5.41, 5.74) is 8.15. The summed E-state index contributed by atoms with van der Waals surface area (Å²) in [6.45, 7) is 1.92. The van der Waals surface area contributed by atoms with Gasteiger partial charge in [-0.1, -0.05) is 30.3 Å². The fraction of sp³-hybridized carbons (Fsp3) is 0.133. The molecule has 0 bridgehead atoms. The van der Waals surface area contributed by atoms with E-state index in [9.17, 15) is 0 Å². The Labute approximate surface area is 115 Å². The molecule has 3 nitrogen and oxygen atoms in total. The number of benzene rings is 1. The highest BCUT2D eigenvalue weighted by Gasteiger charge is 2.14. The van der Waals surface area contributed by atoms with Crippen LogP contribution in [0.5, 0.6) is 0 Å². The fourth-order valence-corrected chi connectivity index (χ4v) is 2.75. The van der Waals surface area contributed by atoms with E-state index in [1.165, 1.54) is 0 Å². The van der Waals surface area contributed by atoms with Crippen LogP contribution in [0, 0.1) is 6.92 Å². The van der Waals surface area contributed by atoms with Gasteiger partial charge >= 0.3 is 0 Å². The molecule has 0 radical (unpaired) electrons. The van der Waals surface area contributed by atoms with E-state index in [-0.39, 0.29) is 6.04 Å². The molecule has 19 heavy (non-hydrogen) atoms. The smallest absolute Gasteiger partial charge is 0.153 e. The molecular formula is C15H14N2OS. The third-order valence-electron chi connectivity index (χ3n) is 2.94. The maximum absolute atomic E-state index is 6.23. The third kappa shape index (κ3) is 2.45. The first kappa shape index (κ1) is 12.1. The average molecular weight is 270 g/mol. The number of hydrogen-bond acceptors (Lipinski definition) is 4. The molecule has 1 aromatic carbocycles. The Kier molecular flexibility index (Phi) is 3.19. The molecule has 1 unspecified atom stereocenters. The summed E-state index contributed by atoms with van der Waals surface area (Å²) in [5.74, 6) is 1.68. The summed E-state index contributed by atoms with van der Waals surface area (Å²) in [7, 11) is 0. The Morgan fingerprint density at radius 1 is 1.16 bits per heavy atom.